The number of benzene rings is 3. The van der Waals surface area contributed by atoms with Crippen molar-refractivity contribution in [2.45, 2.75) is 57.3 Å². The van der Waals surface area contributed by atoms with Crippen LogP contribution in [-0.2, 0) is 43.0 Å². The maximum atomic E-state index is 13.9. The summed E-state index contributed by atoms with van der Waals surface area (Å²) in [5.74, 6) is -3.67. The van der Waals surface area contributed by atoms with Gasteiger partial charge in [0.05, 0.1) is 24.3 Å². The van der Waals surface area contributed by atoms with Crippen molar-refractivity contribution in [1.29, 1.82) is 0 Å². The van der Waals surface area contributed by atoms with E-state index in [1.54, 1.807) is 26.0 Å². The highest BCUT2D eigenvalue weighted by Crippen LogP contribution is 2.46. The third kappa shape index (κ3) is 5.73. The minimum atomic E-state index is -3.00. The summed E-state index contributed by atoms with van der Waals surface area (Å²) < 4.78 is 35.3. The van der Waals surface area contributed by atoms with Crippen LogP contribution < -0.4 is 0 Å². The normalized spacial score (nSPS) is 13.0. The zero-order valence-electron chi connectivity index (χ0n) is 22.6. The summed E-state index contributed by atoms with van der Waals surface area (Å²) in [6.45, 7) is 3.74. The third-order valence-corrected chi connectivity index (χ3v) is 7.76. The molecule has 1 aliphatic rings. The van der Waals surface area contributed by atoms with Crippen LogP contribution in [0.1, 0.15) is 82.5 Å². The summed E-state index contributed by atoms with van der Waals surface area (Å²) in [5, 5.41) is 22.3. The number of esters is 2. The number of ether oxygens (including phenoxy) is 2. The van der Waals surface area contributed by atoms with E-state index in [0.29, 0.717) is 5.56 Å². The number of carbonyl (C=O) groups is 4. The molecule has 41 heavy (non-hydrogen) atoms. The van der Waals surface area contributed by atoms with E-state index in [4.69, 9.17) is 9.47 Å². The highest BCUT2D eigenvalue weighted by molar-refractivity contribution is 7.79. The van der Waals surface area contributed by atoms with Gasteiger partial charge in [0, 0.05) is 39.6 Å². The molecule has 1 aliphatic carbocycles. The SMILES string of the molecule is CCOC(=O)CCCc1cc2c(c(S(=O)[O-])c1CCCC(=O)OCC)C(=O)c1c(c(O)c3ccccc3c1O)C2=O. The first-order chi connectivity index (χ1) is 19.6. The summed E-state index contributed by atoms with van der Waals surface area (Å²) in [6.07, 6.45) is 0.737. The summed E-state index contributed by atoms with van der Waals surface area (Å²) >= 11 is -3.00. The number of rotatable bonds is 11. The molecular weight excluding hydrogens is 552 g/mol. The minimum absolute atomic E-state index is 0.00547. The number of phenols is 2. The summed E-state index contributed by atoms with van der Waals surface area (Å²) in [5.41, 5.74) is -0.871. The molecule has 1 atom stereocenters. The highest BCUT2D eigenvalue weighted by Gasteiger charge is 2.39. The lowest BCUT2D eigenvalue weighted by Crippen LogP contribution is -2.25. The minimum Gasteiger partial charge on any atom is -0.768 e. The first-order valence-corrected chi connectivity index (χ1v) is 14.3. The Morgan fingerprint density at radius 3 is 1.85 bits per heavy atom. The number of fused-ring (bicyclic) bond motifs is 3. The van der Waals surface area contributed by atoms with E-state index >= 15 is 0 Å². The monoisotopic (exact) mass is 581 g/mol. The van der Waals surface area contributed by atoms with Gasteiger partial charge in [0.15, 0.2) is 11.6 Å². The van der Waals surface area contributed by atoms with Gasteiger partial charge < -0.3 is 24.2 Å². The van der Waals surface area contributed by atoms with Crippen LogP contribution in [0, 0.1) is 0 Å². The molecule has 0 heterocycles. The van der Waals surface area contributed by atoms with Crippen LogP contribution in [0.25, 0.3) is 10.8 Å². The molecule has 11 heteroatoms. The van der Waals surface area contributed by atoms with Crippen LogP contribution in [-0.4, -0.2) is 55.7 Å². The largest absolute Gasteiger partial charge is 0.768 e. The first-order valence-electron chi connectivity index (χ1n) is 13.3. The van der Waals surface area contributed by atoms with E-state index in [9.17, 15) is 38.2 Å². The Hall–Kier alpha value is -4.09. The van der Waals surface area contributed by atoms with Gasteiger partial charge in [0.1, 0.15) is 11.5 Å². The molecule has 4 rings (SSSR count). The lowest BCUT2D eigenvalue weighted by molar-refractivity contribution is -0.144. The van der Waals surface area contributed by atoms with Crippen LogP contribution in [0.3, 0.4) is 0 Å². The standard InChI is InChI=1S/C30H30O10S/c1-3-39-21(31)13-7-9-16-15-20-23(30(41(37)38)17(16)12-8-14-22(32)40-4-2)29(36)25-24(28(20)35)26(33)18-10-5-6-11-19(18)27(25)34/h5-6,10-11,15,33-34H,3-4,7-9,12-14H2,1-2H3,(H,37,38)/p-1. The van der Waals surface area contributed by atoms with Gasteiger partial charge in [-0.3, -0.25) is 23.4 Å². The average Bonchev–Trinajstić information content (AvgIpc) is 2.93. The Morgan fingerprint density at radius 2 is 1.34 bits per heavy atom. The van der Waals surface area contributed by atoms with E-state index in [0.717, 1.165) is 0 Å². The molecule has 0 aromatic heterocycles. The molecule has 0 bridgehead atoms. The van der Waals surface area contributed by atoms with Crippen molar-refractivity contribution in [3.05, 3.63) is 63.7 Å². The quantitative estimate of drug-likeness (QED) is 0.150. The Labute approximate surface area is 238 Å². The number of carbonyl (C=O) groups excluding carboxylic acids is 4. The van der Waals surface area contributed by atoms with Crippen molar-refractivity contribution in [3.8, 4) is 11.5 Å². The molecule has 3 aromatic rings. The molecular formula is C30H29O10S-. The second-order valence-corrected chi connectivity index (χ2v) is 10.3. The molecule has 0 saturated heterocycles. The van der Waals surface area contributed by atoms with Gasteiger partial charge in [0.25, 0.3) is 0 Å². The van der Waals surface area contributed by atoms with Crippen molar-refractivity contribution in [1.82, 2.24) is 0 Å². The van der Waals surface area contributed by atoms with Gasteiger partial charge in [-0.1, -0.05) is 24.3 Å². The zero-order valence-corrected chi connectivity index (χ0v) is 23.4. The van der Waals surface area contributed by atoms with Crippen molar-refractivity contribution in [2.75, 3.05) is 13.2 Å². The van der Waals surface area contributed by atoms with E-state index in [1.807, 2.05) is 0 Å². The average molecular weight is 582 g/mol. The number of hydrogen-bond donors (Lipinski definition) is 2. The third-order valence-electron chi connectivity index (χ3n) is 6.98. The van der Waals surface area contributed by atoms with E-state index in [-0.39, 0.29) is 73.6 Å². The predicted molar refractivity (Wildman–Crippen MR) is 147 cm³/mol. The summed E-state index contributed by atoms with van der Waals surface area (Å²) in [7, 11) is 0. The molecule has 216 valence electrons. The van der Waals surface area contributed by atoms with Crippen molar-refractivity contribution in [3.63, 3.8) is 0 Å². The lowest BCUT2D eigenvalue weighted by Gasteiger charge is -2.27. The molecule has 0 fully saturated rings. The molecule has 2 N–H and O–H groups in total. The fourth-order valence-electron chi connectivity index (χ4n) is 5.24. The van der Waals surface area contributed by atoms with E-state index in [1.165, 1.54) is 18.2 Å². The van der Waals surface area contributed by atoms with Gasteiger partial charge in [-0.15, -0.1) is 0 Å². The smallest absolute Gasteiger partial charge is 0.305 e. The zero-order chi connectivity index (χ0) is 29.8. The van der Waals surface area contributed by atoms with Gasteiger partial charge in [-0.2, -0.15) is 0 Å². The first kappa shape index (κ1) is 29.9. The molecule has 1 unspecified atom stereocenters. The summed E-state index contributed by atoms with van der Waals surface area (Å²) in [4.78, 5) is 51.1. The topological polar surface area (TPSA) is 167 Å². The molecule has 10 nitrogen and oxygen atoms in total. The highest BCUT2D eigenvalue weighted by atomic mass is 32.2. The molecule has 0 radical (unpaired) electrons. The maximum Gasteiger partial charge on any atom is 0.305 e. The Morgan fingerprint density at radius 1 is 0.829 bits per heavy atom. The van der Waals surface area contributed by atoms with Crippen LogP contribution in [0.4, 0.5) is 0 Å². The van der Waals surface area contributed by atoms with E-state index < -0.39 is 67.7 Å². The van der Waals surface area contributed by atoms with E-state index in [2.05, 4.69) is 0 Å². The second-order valence-electron chi connectivity index (χ2n) is 9.47. The molecule has 0 amide bonds. The maximum absolute atomic E-state index is 13.9. The van der Waals surface area contributed by atoms with Crippen LogP contribution in [0.5, 0.6) is 11.5 Å². The number of aromatic hydroxyl groups is 2. The van der Waals surface area contributed by atoms with Gasteiger partial charge in [-0.05, 0) is 67.8 Å². The Bertz CT molecular complexity index is 1590. The van der Waals surface area contributed by atoms with Crippen LogP contribution >= 0.6 is 0 Å². The number of hydrogen-bond acceptors (Lipinski definition) is 10. The number of aryl methyl sites for hydroxylation is 1. The van der Waals surface area contributed by atoms with Crippen molar-refractivity contribution < 1.29 is 47.6 Å². The molecule has 0 aliphatic heterocycles. The predicted octanol–water partition coefficient (Wildman–Crippen LogP) is 4.04. The fraction of sp³-hybridized carbons (Fsp3) is 0.333. The second kappa shape index (κ2) is 12.6. The molecule has 3 aromatic carbocycles. The van der Waals surface area contributed by atoms with Gasteiger partial charge in [0.2, 0.25) is 0 Å². The van der Waals surface area contributed by atoms with Gasteiger partial charge >= 0.3 is 11.9 Å². The van der Waals surface area contributed by atoms with Crippen LogP contribution in [0.15, 0.2) is 35.2 Å². The number of phenolic OH excluding ortho intramolecular Hbond substituents is 2. The Kier molecular flexibility index (Phi) is 9.19. The molecule has 0 spiro atoms. The van der Waals surface area contributed by atoms with Gasteiger partial charge in [-0.25, -0.2) is 0 Å². The number of ketones is 2. The van der Waals surface area contributed by atoms with Crippen LogP contribution in [0.2, 0.25) is 0 Å². The molecule has 0 saturated carbocycles. The van der Waals surface area contributed by atoms with Crippen molar-refractivity contribution in [2.24, 2.45) is 0 Å². The fourth-order valence-corrected chi connectivity index (χ4v) is 6.04. The lowest BCUT2D eigenvalue weighted by atomic mass is 9.79. The van der Waals surface area contributed by atoms with Crippen molar-refractivity contribution >= 4 is 45.4 Å². The Balaban J connectivity index is 1.89. The summed E-state index contributed by atoms with van der Waals surface area (Å²) in [6, 6.07) is 7.55.